The Bertz CT molecular complexity index is 1190. The third-order valence-electron chi connectivity index (χ3n) is 5.94. The van der Waals surface area contributed by atoms with E-state index in [1.165, 1.54) is 22.6 Å². The number of thiazole rings is 1. The van der Waals surface area contributed by atoms with Gasteiger partial charge in [-0.05, 0) is 44.0 Å². The molecule has 1 saturated heterocycles. The predicted molar refractivity (Wildman–Crippen MR) is 127 cm³/mol. The first-order valence-electron chi connectivity index (χ1n) is 11.0. The van der Waals surface area contributed by atoms with E-state index in [4.69, 9.17) is 4.98 Å². The lowest BCUT2D eigenvalue weighted by atomic mass is 9.90. The van der Waals surface area contributed by atoms with E-state index in [9.17, 15) is 4.39 Å². The number of hydrogen-bond acceptors (Lipinski definition) is 5. The van der Waals surface area contributed by atoms with Gasteiger partial charge in [-0.15, -0.1) is 11.3 Å². The molecule has 0 bridgehead atoms. The molecule has 0 aliphatic carbocycles. The van der Waals surface area contributed by atoms with Crippen LogP contribution in [0.5, 0.6) is 0 Å². The van der Waals surface area contributed by atoms with Crippen LogP contribution in [0, 0.1) is 12.7 Å². The van der Waals surface area contributed by atoms with Gasteiger partial charge in [0.25, 0.3) is 0 Å². The Morgan fingerprint density at radius 2 is 1.81 bits per heavy atom. The fourth-order valence-corrected chi connectivity index (χ4v) is 5.35. The highest BCUT2D eigenvalue weighted by atomic mass is 32.1. The molecule has 1 aliphatic heterocycles. The lowest BCUT2D eigenvalue weighted by Crippen LogP contribution is -2.34. The first-order valence-corrected chi connectivity index (χ1v) is 11.8. The van der Waals surface area contributed by atoms with Gasteiger partial charge in [-0.2, -0.15) is 0 Å². The third-order valence-corrected chi connectivity index (χ3v) is 6.97. The fraction of sp³-hybridized carbons (Fsp3) is 0.269. The fourth-order valence-electron chi connectivity index (χ4n) is 4.39. The largest absolute Gasteiger partial charge is 0.298 e. The molecular weight excluding hydrogens is 419 g/mol. The maximum absolute atomic E-state index is 13.4. The van der Waals surface area contributed by atoms with Crippen molar-refractivity contribution in [2.45, 2.75) is 32.2 Å². The molecule has 3 heterocycles. The molecule has 4 aromatic rings. The van der Waals surface area contributed by atoms with E-state index in [1.807, 2.05) is 49.6 Å². The molecule has 32 heavy (non-hydrogen) atoms. The van der Waals surface area contributed by atoms with Gasteiger partial charge in [0.15, 0.2) is 0 Å². The minimum Gasteiger partial charge on any atom is -0.298 e. The van der Waals surface area contributed by atoms with Gasteiger partial charge < -0.3 is 0 Å². The van der Waals surface area contributed by atoms with Crippen LogP contribution in [0.4, 0.5) is 4.39 Å². The summed E-state index contributed by atoms with van der Waals surface area (Å²) in [7, 11) is 0. The summed E-state index contributed by atoms with van der Waals surface area (Å²) in [5.74, 6) is 0.872. The van der Waals surface area contributed by atoms with E-state index in [1.54, 1.807) is 11.3 Å². The average molecular weight is 445 g/mol. The summed E-state index contributed by atoms with van der Waals surface area (Å²) in [6.07, 6.45) is 6.12. The number of piperidine rings is 1. The van der Waals surface area contributed by atoms with E-state index >= 15 is 0 Å². The summed E-state index contributed by atoms with van der Waals surface area (Å²) in [6.45, 7) is 4.85. The number of aromatic nitrogens is 3. The summed E-state index contributed by atoms with van der Waals surface area (Å²) in [5.41, 5.74) is 4.21. The van der Waals surface area contributed by atoms with Crippen molar-refractivity contribution in [3.8, 4) is 21.7 Å². The zero-order valence-corrected chi connectivity index (χ0v) is 18.9. The number of nitrogens with zero attached hydrogens (tertiary/aromatic N) is 4. The van der Waals surface area contributed by atoms with Crippen molar-refractivity contribution in [3.05, 3.63) is 89.2 Å². The molecule has 0 N–H and O–H groups in total. The Morgan fingerprint density at radius 3 is 2.62 bits per heavy atom. The van der Waals surface area contributed by atoms with Crippen LogP contribution in [0.15, 0.2) is 67.0 Å². The van der Waals surface area contributed by atoms with Gasteiger partial charge in [0.1, 0.15) is 16.6 Å². The molecule has 1 atom stereocenters. The van der Waals surface area contributed by atoms with Crippen LogP contribution in [0.1, 0.15) is 35.2 Å². The van der Waals surface area contributed by atoms with E-state index in [2.05, 4.69) is 27.0 Å². The van der Waals surface area contributed by atoms with Crippen LogP contribution in [-0.4, -0.2) is 32.9 Å². The smallest absolute Gasteiger partial charge is 0.125 e. The van der Waals surface area contributed by atoms with Gasteiger partial charge in [-0.1, -0.05) is 42.5 Å². The lowest BCUT2D eigenvalue weighted by Gasteiger charge is -2.33. The van der Waals surface area contributed by atoms with Crippen LogP contribution < -0.4 is 0 Å². The molecule has 162 valence electrons. The molecule has 5 rings (SSSR count). The highest BCUT2D eigenvalue weighted by Crippen LogP contribution is 2.34. The Labute approximate surface area is 191 Å². The van der Waals surface area contributed by atoms with Crippen LogP contribution in [0.25, 0.3) is 21.7 Å². The SMILES string of the molecule is Cc1ncc(-c2ccc(F)cc2)c(C2CCCN(Cc3cnc(-c4ccccc4)s3)C2)n1. The molecule has 1 aliphatic rings. The van der Waals surface area contributed by atoms with Gasteiger partial charge >= 0.3 is 0 Å². The molecule has 0 spiro atoms. The van der Waals surface area contributed by atoms with Gasteiger partial charge in [-0.25, -0.2) is 19.3 Å². The molecule has 2 aromatic heterocycles. The van der Waals surface area contributed by atoms with Crippen molar-refractivity contribution < 1.29 is 4.39 Å². The number of benzene rings is 2. The molecule has 6 heteroatoms. The summed E-state index contributed by atoms with van der Waals surface area (Å²) in [5, 5.41) is 1.07. The van der Waals surface area contributed by atoms with Crippen LogP contribution in [0.2, 0.25) is 0 Å². The summed E-state index contributed by atoms with van der Waals surface area (Å²) in [4.78, 5) is 17.7. The maximum Gasteiger partial charge on any atom is 0.125 e. The summed E-state index contributed by atoms with van der Waals surface area (Å²) in [6, 6.07) is 17.0. The molecule has 4 nitrogen and oxygen atoms in total. The Morgan fingerprint density at radius 1 is 1.00 bits per heavy atom. The van der Waals surface area contributed by atoms with E-state index in [0.29, 0.717) is 5.92 Å². The number of hydrogen-bond donors (Lipinski definition) is 0. The van der Waals surface area contributed by atoms with Gasteiger partial charge in [0.05, 0.1) is 5.69 Å². The minimum absolute atomic E-state index is 0.230. The van der Waals surface area contributed by atoms with Crippen molar-refractivity contribution >= 4 is 11.3 Å². The molecule has 1 fully saturated rings. The van der Waals surface area contributed by atoms with Gasteiger partial charge in [-0.3, -0.25) is 4.90 Å². The average Bonchev–Trinajstić information content (AvgIpc) is 3.29. The zero-order valence-electron chi connectivity index (χ0n) is 18.0. The Balaban J connectivity index is 1.35. The second kappa shape index (κ2) is 9.27. The standard InChI is InChI=1S/C26H25FN4S/c1-18-28-15-24(19-9-11-22(27)12-10-19)25(30-18)21-8-5-13-31(16-21)17-23-14-29-26(32-23)20-6-3-2-4-7-20/h2-4,6-7,9-12,14-15,21H,5,8,13,16-17H2,1H3. The molecular formula is C26H25FN4S. The summed E-state index contributed by atoms with van der Waals surface area (Å²) < 4.78 is 13.4. The van der Waals surface area contributed by atoms with Crippen molar-refractivity contribution in [1.82, 2.24) is 19.9 Å². The molecule has 2 aromatic carbocycles. The summed E-state index contributed by atoms with van der Waals surface area (Å²) >= 11 is 1.77. The quantitative estimate of drug-likeness (QED) is 0.373. The molecule has 1 unspecified atom stereocenters. The van der Waals surface area contributed by atoms with E-state index in [-0.39, 0.29) is 5.82 Å². The Kier molecular flexibility index (Phi) is 6.06. The first kappa shape index (κ1) is 20.9. The highest BCUT2D eigenvalue weighted by Gasteiger charge is 2.26. The number of likely N-dealkylation sites (tertiary alicyclic amines) is 1. The van der Waals surface area contributed by atoms with Gasteiger partial charge in [0, 0.05) is 47.4 Å². The van der Waals surface area contributed by atoms with Crippen molar-refractivity contribution in [1.29, 1.82) is 0 Å². The monoisotopic (exact) mass is 444 g/mol. The second-order valence-electron chi connectivity index (χ2n) is 8.30. The Hall–Kier alpha value is -2.96. The molecule has 0 radical (unpaired) electrons. The first-order chi connectivity index (χ1) is 15.7. The highest BCUT2D eigenvalue weighted by molar-refractivity contribution is 7.15. The third kappa shape index (κ3) is 4.61. The van der Waals surface area contributed by atoms with Crippen molar-refractivity contribution in [2.24, 2.45) is 0 Å². The van der Waals surface area contributed by atoms with Crippen LogP contribution in [0.3, 0.4) is 0 Å². The molecule has 0 amide bonds. The van der Waals surface area contributed by atoms with E-state index < -0.39 is 0 Å². The predicted octanol–water partition coefficient (Wildman–Crippen LogP) is 6.09. The topological polar surface area (TPSA) is 41.9 Å². The van der Waals surface area contributed by atoms with Crippen molar-refractivity contribution in [2.75, 3.05) is 13.1 Å². The number of halogens is 1. The van der Waals surface area contributed by atoms with E-state index in [0.717, 1.165) is 60.1 Å². The van der Waals surface area contributed by atoms with Crippen LogP contribution in [-0.2, 0) is 6.54 Å². The van der Waals surface area contributed by atoms with Crippen LogP contribution >= 0.6 is 11.3 Å². The minimum atomic E-state index is -0.230. The number of rotatable bonds is 5. The van der Waals surface area contributed by atoms with Crippen molar-refractivity contribution in [3.63, 3.8) is 0 Å². The number of aryl methyl sites for hydroxylation is 1. The second-order valence-corrected chi connectivity index (χ2v) is 9.41. The molecule has 0 saturated carbocycles. The van der Waals surface area contributed by atoms with Gasteiger partial charge in [0.2, 0.25) is 0 Å². The lowest BCUT2D eigenvalue weighted by molar-refractivity contribution is 0.200. The maximum atomic E-state index is 13.4. The zero-order chi connectivity index (χ0) is 21.9. The normalized spacial score (nSPS) is 16.9.